The molecule has 0 spiro atoms. The van der Waals surface area contributed by atoms with Gasteiger partial charge >= 0.3 is 0 Å². The molecule has 0 unspecified atom stereocenters. The van der Waals surface area contributed by atoms with Gasteiger partial charge in [-0.05, 0) is 18.6 Å². The van der Waals surface area contributed by atoms with Crippen molar-refractivity contribution in [1.82, 2.24) is 4.98 Å². The van der Waals surface area contributed by atoms with E-state index in [0.717, 1.165) is 16.6 Å². The fourth-order valence-corrected chi connectivity index (χ4v) is 1.55. The van der Waals surface area contributed by atoms with Gasteiger partial charge in [-0.3, -0.25) is 9.37 Å². The molecule has 0 radical (unpaired) electrons. The van der Waals surface area contributed by atoms with Crippen LogP contribution in [0.15, 0.2) is 36.4 Å². The van der Waals surface area contributed by atoms with Gasteiger partial charge in [-0.25, -0.2) is 0 Å². The lowest BCUT2D eigenvalue weighted by Crippen LogP contribution is -2.12. The number of alkyl halides is 1. The zero-order valence-electron chi connectivity index (χ0n) is 8.77. The smallest absolute Gasteiger partial charge is 0.0913 e. The third kappa shape index (κ3) is 2.68. The minimum Gasteiger partial charge on any atom is -0.323 e. The molecule has 1 aromatic carbocycles. The van der Waals surface area contributed by atoms with Crippen LogP contribution in [0, 0.1) is 0 Å². The largest absolute Gasteiger partial charge is 0.323 e. The average molecular weight is 241 g/mol. The first-order valence-corrected chi connectivity index (χ1v) is 4.98. The number of rotatable bonds is 3. The third-order valence-corrected chi connectivity index (χ3v) is 2.42. The number of hydrogen-bond donors (Lipinski definition) is 1. The number of nitrogens with zero attached hydrogens (tertiary/aromatic N) is 1. The second-order valence-corrected chi connectivity index (χ2v) is 3.51. The van der Waals surface area contributed by atoms with Crippen LogP contribution in [0.3, 0.4) is 0 Å². The number of aromatic nitrogens is 1. The molecule has 0 fully saturated rings. The topological polar surface area (TPSA) is 38.9 Å². The van der Waals surface area contributed by atoms with Crippen molar-refractivity contribution in [3.05, 3.63) is 42.1 Å². The van der Waals surface area contributed by atoms with Crippen LogP contribution in [0.25, 0.3) is 10.9 Å². The van der Waals surface area contributed by atoms with Crippen LogP contribution in [0.5, 0.6) is 0 Å². The molecule has 0 aliphatic heterocycles. The Bertz CT molecular complexity index is 461. The summed E-state index contributed by atoms with van der Waals surface area (Å²) >= 11 is 0. The van der Waals surface area contributed by atoms with Crippen LogP contribution in [-0.4, -0.2) is 11.7 Å². The quantitative estimate of drug-likeness (QED) is 0.896. The van der Waals surface area contributed by atoms with Crippen LogP contribution in [0.4, 0.5) is 4.39 Å². The van der Waals surface area contributed by atoms with E-state index < -0.39 is 6.67 Å². The van der Waals surface area contributed by atoms with Crippen LogP contribution in [0.1, 0.15) is 18.2 Å². The molecule has 0 saturated carbocycles. The standard InChI is InChI=1S/C12H13FN2.ClH/c13-8-7-10(14)12-6-5-9-3-1-2-4-11(9)15-12;/h1-6,10H,7-8,14H2;1H/t10-;/m1./s1. The molecule has 0 amide bonds. The molecule has 1 aromatic heterocycles. The van der Waals surface area contributed by atoms with E-state index in [4.69, 9.17) is 5.73 Å². The summed E-state index contributed by atoms with van der Waals surface area (Å²) in [6.07, 6.45) is 0.325. The van der Waals surface area contributed by atoms with Gasteiger partial charge in [-0.15, -0.1) is 12.4 Å². The Morgan fingerprint density at radius 2 is 1.94 bits per heavy atom. The van der Waals surface area contributed by atoms with Gasteiger partial charge in [-0.1, -0.05) is 24.3 Å². The maximum Gasteiger partial charge on any atom is 0.0913 e. The molecule has 16 heavy (non-hydrogen) atoms. The SMILES string of the molecule is Cl.N[C@H](CCF)c1ccc2ccccc2n1. The number of benzene rings is 1. The normalized spacial score (nSPS) is 12.1. The van der Waals surface area contributed by atoms with Gasteiger partial charge in [0.15, 0.2) is 0 Å². The van der Waals surface area contributed by atoms with Crippen molar-refractivity contribution in [2.24, 2.45) is 5.73 Å². The molecule has 86 valence electrons. The van der Waals surface area contributed by atoms with Crippen molar-refractivity contribution in [3.63, 3.8) is 0 Å². The Kier molecular flexibility index (Phi) is 4.65. The predicted molar refractivity (Wildman–Crippen MR) is 66.5 cm³/mol. The Balaban J connectivity index is 0.00000128. The van der Waals surface area contributed by atoms with Gasteiger partial charge < -0.3 is 5.73 Å². The van der Waals surface area contributed by atoms with E-state index in [0.29, 0.717) is 6.42 Å². The van der Waals surface area contributed by atoms with E-state index in [-0.39, 0.29) is 18.4 Å². The fraction of sp³-hybridized carbons (Fsp3) is 0.250. The molecule has 0 bridgehead atoms. The summed E-state index contributed by atoms with van der Waals surface area (Å²) in [7, 11) is 0. The van der Waals surface area contributed by atoms with Gasteiger partial charge in [0, 0.05) is 11.4 Å². The Hall–Kier alpha value is -1.19. The number of hydrogen-bond acceptors (Lipinski definition) is 2. The Labute approximate surface area is 100 Å². The number of pyridine rings is 1. The highest BCUT2D eigenvalue weighted by molar-refractivity contribution is 5.85. The highest BCUT2D eigenvalue weighted by atomic mass is 35.5. The second kappa shape index (κ2) is 5.77. The Morgan fingerprint density at radius 3 is 2.69 bits per heavy atom. The first-order chi connectivity index (χ1) is 7.31. The lowest BCUT2D eigenvalue weighted by Gasteiger charge is -2.09. The predicted octanol–water partition coefficient (Wildman–Crippen LogP) is 3.02. The van der Waals surface area contributed by atoms with Crippen LogP contribution < -0.4 is 5.73 Å². The average Bonchev–Trinajstić information content (AvgIpc) is 2.29. The number of fused-ring (bicyclic) bond motifs is 1. The molecule has 2 aromatic rings. The summed E-state index contributed by atoms with van der Waals surface area (Å²) < 4.78 is 12.1. The molecular formula is C12H14ClFN2. The number of halogens is 2. The molecule has 4 heteroatoms. The molecule has 0 saturated heterocycles. The van der Waals surface area contributed by atoms with Crippen molar-refractivity contribution in [2.45, 2.75) is 12.5 Å². The van der Waals surface area contributed by atoms with Crippen molar-refractivity contribution in [1.29, 1.82) is 0 Å². The minimum atomic E-state index is -0.407. The molecule has 0 aliphatic carbocycles. The summed E-state index contributed by atoms with van der Waals surface area (Å²) in [6.45, 7) is -0.407. The molecular weight excluding hydrogens is 227 g/mol. The lowest BCUT2D eigenvalue weighted by atomic mass is 10.1. The van der Waals surface area contributed by atoms with E-state index in [9.17, 15) is 4.39 Å². The summed E-state index contributed by atoms with van der Waals surface area (Å²) in [4.78, 5) is 4.40. The summed E-state index contributed by atoms with van der Waals surface area (Å²) in [5, 5.41) is 1.08. The van der Waals surface area contributed by atoms with E-state index in [1.54, 1.807) is 0 Å². The number of para-hydroxylation sites is 1. The third-order valence-electron chi connectivity index (χ3n) is 2.42. The van der Waals surface area contributed by atoms with E-state index >= 15 is 0 Å². The van der Waals surface area contributed by atoms with Crippen LogP contribution >= 0.6 is 12.4 Å². The molecule has 2 N–H and O–H groups in total. The summed E-state index contributed by atoms with van der Waals surface area (Å²) in [5.74, 6) is 0. The highest BCUT2D eigenvalue weighted by Crippen LogP contribution is 2.17. The monoisotopic (exact) mass is 240 g/mol. The second-order valence-electron chi connectivity index (χ2n) is 3.51. The van der Waals surface area contributed by atoms with E-state index in [1.165, 1.54) is 0 Å². The van der Waals surface area contributed by atoms with Crippen molar-refractivity contribution < 1.29 is 4.39 Å². The molecule has 1 atom stereocenters. The van der Waals surface area contributed by atoms with Crippen molar-refractivity contribution in [2.75, 3.05) is 6.67 Å². The zero-order chi connectivity index (χ0) is 10.7. The van der Waals surface area contributed by atoms with Gasteiger partial charge in [0.1, 0.15) is 0 Å². The first kappa shape index (κ1) is 12.9. The molecule has 2 rings (SSSR count). The molecule has 2 nitrogen and oxygen atoms in total. The van der Waals surface area contributed by atoms with Gasteiger partial charge in [0.05, 0.1) is 17.9 Å². The molecule has 1 heterocycles. The highest BCUT2D eigenvalue weighted by Gasteiger charge is 2.07. The van der Waals surface area contributed by atoms with Crippen molar-refractivity contribution >= 4 is 23.3 Å². The van der Waals surface area contributed by atoms with E-state index in [1.807, 2.05) is 36.4 Å². The Morgan fingerprint density at radius 1 is 1.19 bits per heavy atom. The lowest BCUT2D eigenvalue weighted by molar-refractivity contribution is 0.439. The zero-order valence-corrected chi connectivity index (χ0v) is 9.58. The number of nitrogens with two attached hydrogens (primary N) is 1. The fourth-order valence-electron chi connectivity index (χ4n) is 1.55. The summed E-state index contributed by atoms with van der Waals surface area (Å²) in [5.41, 5.74) is 7.46. The molecule has 0 aliphatic rings. The maximum absolute atomic E-state index is 12.1. The van der Waals surface area contributed by atoms with Gasteiger partial charge in [0.2, 0.25) is 0 Å². The first-order valence-electron chi connectivity index (χ1n) is 4.98. The summed E-state index contributed by atoms with van der Waals surface area (Å²) in [6, 6.07) is 11.3. The van der Waals surface area contributed by atoms with Gasteiger partial charge in [-0.2, -0.15) is 0 Å². The maximum atomic E-state index is 12.1. The minimum absolute atomic E-state index is 0. The van der Waals surface area contributed by atoms with Gasteiger partial charge in [0.25, 0.3) is 0 Å². The van der Waals surface area contributed by atoms with Crippen LogP contribution in [0.2, 0.25) is 0 Å². The van der Waals surface area contributed by atoms with Crippen molar-refractivity contribution in [3.8, 4) is 0 Å². The van der Waals surface area contributed by atoms with Crippen LogP contribution in [-0.2, 0) is 0 Å². The van der Waals surface area contributed by atoms with E-state index in [2.05, 4.69) is 4.98 Å².